The number of carbonyl (C=O) groups is 3. The van der Waals surface area contributed by atoms with Gasteiger partial charge in [-0.25, -0.2) is 0 Å². The molecular formula is C32H63N3O8. The number of aliphatic hydroxyl groups excluding tert-OH is 5. The van der Waals surface area contributed by atoms with Crippen LogP contribution < -0.4 is 16.0 Å². The number of carbonyl (C=O) groups excluding carboxylic acids is 3. The summed E-state index contributed by atoms with van der Waals surface area (Å²) in [5.74, 6) is -3.94. The van der Waals surface area contributed by atoms with E-state index in [2.05, 4.69) is 22.9 Å². The lowest BCUT2D eigenvalue weighted by Gasteiger charge is -2.31. The number of hydrogen-bond acceptors (Lipinski definition) is 8. The average Bonchev–Trinajstić information content (AvgIpc) is 2.97. The van der Waals surface area contributed by atoms with Crippen LogP contribution in [-0.2, 0) is 14.4 Å². The Labute approximate surface area is 259 Å². The van der Waals surface area contributed by atoms with E-state index < -0.39 is 85.1 Å². The van der Waals surface area contributed by atoms with Gasteiger partial charge in [0.25, 0.3) is 0 Å². The van der Waals surface area contributed by atoms with Crippen LogP contribution in [0.25, 0.3) is 0 Å². The van der Waals surface area contributed by atoms with Gasteiger partial charge in [0, 0.05) is 5.92 Å². The Morgan fingerprint density at radius 1 is 0.605 bits per heavy atom. The fourth-order valence-corrected chi connectivity index (χ4v) is 5.03. The molecule has 3 amide bonds. The van der Waals surface area contributed by atoms with E-state index in [0.717, 1.165) is 19.3 Å². The van der Waals surface area contributed by atoms with Crippen LogP contribution in [0.1, 0.15) is 119 Å². The highest BCUT2D eigenvalue weighted by Gasteiger charge is 2.35. The van der Waals surface area contributed by atoms with E-state index in [1.165, 1.54) is 65.2 Å². The van der Waals surface area contributed by atoms with Crippen LogP contribution in [0.4, 0.5) is 0 Å². The molecule has 8 N–H and O–H groups in total. The lowest BCUT2D eigenvalue weighted by atomic mass is 9.86. The van der Waals surface area contributed by atoms with Crippen LogP contribution in [-0.4, -0.2) is 92.9 Å². The quantitative estimate of drug-likeness (QED) is 0.0715. The van der Waals surface area contributed by atoms with Crippen LogP contribution in [0, 0.1) is 17.8 Å². The van der Waals surface area contributed by atoms with E-state index in [1.807, 2.05) is 0 Å². The zero-order chi connectivity index (χ0) is 32.9. The molecule has 11 heteroatoms. The second-order valence-corrected chi connectivity index (χ2v) is 12.6. The third-order valence-corrected chi connectivity index (χ3v) is 8.27. The summed E-state index contributed by atoms with van der Waals surface area (Å²) in [4.78, 5) is 38.7. The molecule has 0 saturated heterocycles. The fraction of sp³-hybridized carbons (Fsp3) is 0.906. The van der Waals surface area contributed by atoms with Gasteiger partial charge in [-0.05, 0) is 19.3 Å². The number of unbranched alkanes of at least 4 members (excludes halogenated alkanes) is 10. The predicted molar refractivity (Wildman–Crippen MR) is 168 cm³/mol. The van der Waals surface area contributed by atoms with E-state index in [4.69, 9.17) is 0 Å². The molecule has 0 aromatic carbocycles. The molecule has 0 aromatic rings. The highest BCUT2D eigenvalue weighted by atomic mass is 16.3. The third kappa shape index (κ3) is 16.7. The first-order valence-corrected chi connectivity index (χ1v) is 16.5. The SMILES string of the molecule is CCCCCCCCCCCCCC(O)C(C)C(O)C(C)C(=O)N[C@H](C(=O)N[C@H](C(=O)NC(CO)CO)[C@@H](C)O)C(C)C. The summed E-state index contributed by atoms with van der Waals surface area (Å²) in [5, 5.41) is 57.5. The molecule has 4 unspecified atom stereocenters. The van der Waals surface area contributed by atoms with Gasteiger partial charge >= 0.3 is 0 Å². The van der Waals surface area contributed by atoms with Gasteiger partial charge in [0.15, 0.2) is 0 Å². The standard InChI is InChI=1S/C32H63N3O8/c1-7-8-9-10-11-12-13-14-15-16-17-18-26(39)22(4)29(40)23(5)30(41)34-27(21(2)3)31(42)35-28(24(6)38)32(43)33-25(19-36)20-37/h21-29,36-40H,7-20H2,1-6H3,(H,33,43)(H,34,41)(H,35,42)/t22?,23?,24-,26?,27+,28+,29?/m1/s1. The summed E-state index contributed by atoms with van der Waals surface area (Å²) in [6.45, 7) is 9.13. The van der Waals surface area contributed by atoms with Crippen molar-refractivity contribution in [3.05, 3.63) is 0 Å². The Morgan fingerprint density at radius 2 is 1.05 bits per heavy atom. The monoisotopic (exact) mass is 617 g/mol. The molecule has 0 aliphatic heterocycles. The average molecular weight is 618 g/mol. The number of aliphatic hydroxyl groups is 5. The molecule has 0 rings (SSSR count). The van der Waals surface area contributed by atoms with E-state index in [1.54, 1.807) is 20.8 Å². The molecule has 0 radical (unpaired) electrons. The Bertz CT molecular complexity index is 763. The van der Waals surface area contributed by atoms with Crippen molar-refractivity contribution < 1.29 is 39.9 Å². The lowest BCUT2D eigenvalue weighted by molar-refractivity contribution is -0.137. The van der Waals surface area contributed by atoms with Gasteiger partial charge in [0.2, 0.25) is 17.7 Å². The van der Waals surface area contributed by atoms with Crippen LogP contribution in [0.15, 0.2) is 0 Å². The molecule has 0 aliphatic carbocycles. The second-order valence-electron chi connectivity index (χ2n) is 12.6. The minimum Gasteiger partial charge on any atom is -0.394 e. The number of amides is 3. The third-order valence-electron chi connectivity index (χ3n) is 8.27. The summed E-state index contributed by atoms with van der Waals surface area (Å²) in [6.07, 6.45) is 10.6. The van der Waals surface area contributed by atoms with Crippen molar-refractivity contribution in [2.45, 2.75) is 155 Å². The van der Waals surface area contributed by atoms with Crippen molar-refractivity contribution in [2.75, 3.05) is 13.2 Å². The first kappa shape index (κ1) is 41.2. The molecular weight excluding hydrogens is 554 g/mol. The molecule has 0 saturated carbocycles. The van der Waals surface area contributed by atoms with Gasteiger partial charge in [0.1, 0.15) is 12.1 Å². The lowest BCUT2D eigenvalue weighted by Crippen LogP contribution is -2.60. The molecule has 0 bridgehead atoms. The summed E-state index contributed by atoms with van der Waals surface area (Å²) >= 11 is 0. The van der Waals surface area contributed by atoms with Crippen molar-refractivity contribution in [2.24, 2.45) is 17.8 Å². The Kier molecular flexibility index (Phi) is 22.6. The normalized spacial score (nSPS) is 16.7. The minimum atomic E-state index is -1.39. The fourth-order valence-electron chi connectivity index (χ4n) is 5.03. The number of rotatable bonds is 25. The molecule has 7 atom stereocenters. The van der Waals surface area contributed by atoms with Crippen LogP contribution in [0.2, 0.25) is 0 Å². The smallest absolute Gasteiger partial charge is 0.245 e. The molecule has 0 heterocycles. The largest absolute Gasteiger partial charge is 0.394 e. The summed E-state index contributed by atoms with van der Waals surface area (Å²) < 4.78 is 0. The topological polar surface area (TPSA) is 188 Å². The van der Waals surface area contributed by atoms with Gasteiger partial charge in [-0.2, -0.15) is 0 Å². The first-order chi connectivity index (χ1) is 20.3. The minimum absolute atomic E-state index is 0.391. The summed E-state index contributed by atoms with van der Waals surface area (Å²) in [6, 6.07) is -3.42. The maximum Gasteiger partial charge on any atom is 0.245 e. The predicted octanol–water partition coefficient (Wildman–Crippen LogP) is 2.16. The molecule has 0 aliphatic rings. The maximum atomic E-state index is 13.1. The summed E-state index contributed by atoms with van der Waals surface area (Å²) in [7, 11) is 0. The van der Waals surface area contributed by atoms with Crippen molar-refractivity contribution in [3.63, 3.8) is 0 Å². The first-order valence-electron chi connectivity index (χ1n) is 16.5. The molecule has 43 heavy (non-hydrogen) atoms. The highest BCUT2D eigenvalue weighted by Crippen LogP contribution is 2.22. The van der Waals surface area contributed by atoms with Crippen LogP contribution >= 0.6 is 0 Å². The van der Waals surface area contributed by atoms with Crippen LogP contribution in [0.3, 0.4) is 0 Å². The zero-order valence-electron chi connectivity index (χ0n) is 27.6. The van der Waals surface area contributed by atoms with Crippen molar-refractivity contribution in [3.8, 4) is 0 Å². The van der Waals surface area contributed by atoms with E-state index in [0.29, 0.717) is 6.42 Å². The van der Waals surface area contributed by atoms with Gasteiger partial charge in [-0.3, -0.25) is 14.4 Å². The van der Waals surface area contributed by atoms with Gasteiger partial charge < -0.3 is 41.5 Å². The van der Waals surface area contributed by atoms with Gasteiger partial charge in [0.05, 0.1) is 43.5 Å². The zero-order valence-corrected chi connectivity index (χ0v) is 27.6. The van der Waals surface area contributed by atoms with E-state index >= 15 is 0 Å². The van der Waals surface area contributed by atoms with E-state index in [-0.39, 0.29) is 0 Å². The molecule has 11 nitrogen and oxygen atoms in total. The van der Waals surface area contributed by atoms with Crippen molar-refractivity contribution >= 4 is 17.7 Å². The molecule has 0 aromatic heterocycles. The van der Waals surface area contributed by atoms with Gasteiger partial charge in [-0.15, -0.1) is 0 Å². The maximum absolute atomic E-state index is 13.1. The Balaban J connectivity index is 4.82. The van der Waals surface area contributed by atoms with Crippen molar-refractivity contribution in [1.29, 1.82) is 0 Å². The molecule has 254 valence electrons. The number of nitrogens with one attached hydrogen (secondary N) is 3. The van der Waals surface area contributed by atoms with Crippen molar-refractivity contribution in [1.82, 2.24) is 16.0 Å². The van der Waals surface area contributed by atoms with Crippen LogP contribution in [0.5, 0.6) is 0 Å². The highest BCUT2D eigenvalue weighted by molar-refractivity contribution is 5.93. The summed E-state index contributed by atoms with van der Waals surface area (Å²) in [5.41, 5.74) is 0. The Hall–Kier alpha value is -1.79. The van der Waals surface area contributed by atoms with Gasteiger partial charge in [-0.1, -0.05) is 105 Å². The number of hydrogen-bond donors (Lipinski definition) is 8. The molecule has 0 spiro atoms. The molecule has 0 fully saturated rings. The Morgan fingerprint density at radius 3 is 1.49 bits per heavy atom. The second kappa shape index (κ2) is 23.6. The van der Waals surface area contributed by atoms with E-state index in [9.17, 15) is 39.9 Å².